The summed E-state index contributed by atoms with van der Waals surface area (Å²) in [5.41, 5.74) is 1.88. The van der Waals surface area contributed by atoms with Crippen molar-refractivity contribution in [3.05, 3.63) is 31.3 Å². The summed E-state index contributed by atoms with van der Waals surface area (Å²) in [5, 5.41) is 0.374. The second kappa shape index (κ2) is 4.89. The average molecular weight is 418 g/mol. The molecular formula is C9H7Br2IO. The van der Waals surface area contributed by atoms with Gasteiger partial charge in [0.2, 0.25) is 0 Å². The van der Waals surface area contributed by atoms with Gasteiger partial charge in [0.15, 0.2) is 5.78 Å². The Balaban J connectivity index is 3.20. The lowest BCUT2D eigenvalue weighted by atomic mass is 10.1. The molecule has 0 aliphatic rings. The number of alkyl halides is 1. The van der Waals surface area contributed by atoms with Crippen molar-refractivity contribution >= 4 is 60.2 Å². The molecule has 0 aliphatic heterocycles. The molecule has 0 aromatic heterocycles. The molecule has 1 rings (SSSR count). The van der Waals surface area contributed by atoms with Gasteiger partial charge in [-0.05, 0) is 63.1 Å². The Morgan fingerprint density at radius 2 is 2.15 bits per heavy atom. The fourth-order valence-corrected chi connectivity index (χ4v) is 2.16. The number of benzene rings is 1. The molecular weight excluding hydrogens is 411 g/mol. The van der Waals surface area contributed by atoms with Crippen molar-refractivity contribution in [1.29, 1.82) is 0 Å². The van der Waals surface area contributed by atoms with Crippen LogP contribution in [-0.2, 0) is 0 Å². The molecule has 0 amide bonds. The number of hydrogen-bond acceptors (Lipinski definition) is 1. The Kier molecular flexibility index (Phi) is 4.38. The molecule has 0 spiro atoms. The first kappa shape index (κ1) is 11.7. The van der Waals surface area contributed by atoms with Crippen LogP contribution in [0.2, 0.25) is 0 Å². The highest BCUT2D eigenvalue weighted by Crippen LogP contribution is 2.24. The summed E-state index contributed by atoms with van der Waals surface area (Å²) in [7, 11) is 0. The van der Waals surface area contributed by atoms with Crippen molar-refractivity contribution in [2.45, 2.75) is 6.92 Å². The Morgan fingerprint density at radius 1 is 1.54 bits per heavy atom. The van der Waals surface area contributed by atoms with Gasteiger partial charge >= 0.3 is 0 Å². The van der Waals surface area contributed by atoms with Crippen LogP contribution >= 0.6 is 54.5 Å². The van der Waals surface area contributed by atoms with Gasteiger partial charge in [-0.1, -0.05) is 15.9 Å². The number of Topliss-reactive ketones (excluding diaryl/α,β-unsaturated/α-hetero) is 1. The number of carbonyl (C=O) groups is 1. The summed E-state index contributed by atoms with van der Waals surface area (Å²) in [6.45, 7) is 2.00. The lowest BCUT2D eigenvalue weighted by Crippen LogP contribution is -2.01. The fourth-order valence-electron chi connectivity index (χ4n) is 0.965. The first-order valence-corrected chi connectivity index (χ1v) is 6.60. The zero-order valence-corrected chi connectivity index (χ0v) is 12.2. The highest BCUT2D eigenvalue weighted by Gasteiger charge is 2.08. The first-order valence-electron chi connectivity index (χ1n) is 3.61. The van der Waals surface area contributed by atoms with Crippen molar-refractivity contribution < 1.29 is 4.79 Å². The maximum absolute atomic E-state index is 11.4. The summed E-state index contributed by atoms with van der Waals surface area (Å²) < 4.78 is 2.14. The van der Waals surface area contributed by atoms with Crippen molar-refractivity contribution in [3.8, 4) is 0 Å². The monoisotopic (exact) mass is 416 g/mol. The number of rotatable bonds is 2. The third-order valence-electron chi connectivity index (χ3n) is 1.65. The molecule has 0 unspecified atom stereocenters. The Hall–Kier alpha value is 0.580. The van der Waals surface area contributed by atoms with Crippen LogP contribution in [0.25, 0.3) is 0 Å². The quantitative estimate of drug-likeness (QED) is 0.405. The van der Waals surface area contributed by atoms with Crippen LogP contribution in [0.1, 0.15) is 15.9 Å². The maximum atomic E-state index is 11.4. The molecule has 0 bridgehead atoms. The van der Waals surface area contributed by atoms with Crippen molar-refractivity contribution in [2.24, 2.45) is 0 Å². The molecule has 70 valence electrons. The molecule has 0 heterocycles. The van der Waals surface area contributed by atoms with E-state index in [1.807, 2.05) is 19.1 Å². The highest BCUT2D eigenvalue weighted by molar-refractivity contribution is 14.1. The van der Waals surface area contributed by atoms with Gasteiger partial charge in [0.1, 0.15) is 0 Å². The maximum Gasteiger partial charge on any atom is 0.173 e. The van der Waals surface area contributed by atoms with E-state index in [4.69, 9.17) is 0 Å². The second-order valence-corrected chi connectivity index (χ2v) is 5.14. The van der Waals surface area contributed by atoms with Crippen LogP contribution in [0, 0.1) is 10.5 Å². The molecule has 0 fully saturated rings. The van der Waals surface area contributed by atoms with Gasteiger partial charge < -0.3 is 0 Å². The van der Waals surface area contributed by atoms with E-state index in [1.165, 1.54) is 0 Å². The molecule has 1 aromatic rings. The number of halogens is 3. The van der Waals surface area contributed by atoms with E-state index in [2.05, 4.69) is 54.5 Å². The molecule has 13 heavy (non-hydrogen) atoms. The topological polar surface area (TPSA) is 17.1 Å². The van der Waals surface area contributed by atoms with E-state index in [-0.39, 0.29) is 5.78 Å². The smallest absolute Gasteiger partial charge is 0.173 e. The van der Waals surface area contributed by atoms with Crippen LogP contribution in [0.3, 0.4) is 0 Å². The predicted octanol–water partition coefficient (Wildman–Crippen LogP) is 3.94. The summed E-state index contributed by atoms with van der Waals surface area (Å²) in [4.78, 5) is 11.4. The second-order valence-electron chi connectivity index (χ2n) is 2.65. The summed E-state index contributed by atoms with van der Waals surface area (Å²) >= 11 is 8.82. The molecule has 0 aliphatic carbocycles. The van der Waals surface area contributed by atoms with Crippen LogP contribution in [-0.4, -0.2) is 11.1 Å². The SMILES string of the molecule is Cc1cc(C(=O)CBr)cc(Br)c1I. The predicted molar refractivity (Wildman–Crippen MR) is 69.7 cm³/mol. The van der Waals surface area contributed by atoms with Gasteiger partial charge in [-0.25, -0.2) is 0 Å². The number of ketones is 1. The Labute approximate surface area is 108 Å². The summed E-state index contributed by atoms with van der Waals surface area (Å²) in [6, 6.07) is 3.77. The van der Waals surface area contributed by atoms with Crippen LogP contribution in [0.4, 0.5) is 0 Å². The van der Waals surface area contributed by atoms with Gasteiger partial charge in [0, 0.05) is 13.6 Å². The summed E-state index contributed by atoms with van der Waals surface area (Å²) in [6.07, 6.45) is 0. The van der Waals surface area contributed by atoms with Gasteiger partial charge in [-0.3, -0.25) is 4.79 Å². The zero-order valence-electron chi connectivity index (χ0n) is 6.90. The van der Waals surface area contributed by atoms with E-state index < -0.39 is 0 Å². The molecule has 1 aromatic carbocycles. The molecule has 0 N–H and O–H groups in total. The Morgan fingerprint density at radius 3 is 2.62 bits per heavy atom. The Bertz CT molecular complexity index is 326. The van der Waals surface area contributed by atoms with E-state index in [9.17, 15) is 4.79 Å². The lowest BCUT2D eigenvalue weighted by molar-refractivity contribution is 0.102. The molecule has 0 radical (unpaired) electrons. The minimum absolute atomic E-state index is 0.111. The summed E-state index contributed by atoms with van der Waals surface area (Å²) in [5.74, 6) is 0.111. The molecule has 0 saturated heterocycles. The van der Waals surface area contributed by atoms with Gasteiger partial charge in [0.25, 0.3) is 0 Å². The third-order valence-corrected chi connectivity index (χ3v) is 4.96. The van der Waals surface area contributed by atoms with Gasteiger partial charge in [-0.15, -0.1) is 0 Å². The van der Waals surface area contributed by atoms with Crippen LogP contribution < -0.4 is 0 Å². The molecule has 0 saturated carbocycles. The number of carbonyl (C=O) groups excluding carboxylic acids is 1. The fraction of sp³-hybridized carbons (Fsp3) is 0.222. The average Bonchev–Trinajstić information content (AvgIpc) is 2.12. The minimum Gasteiger partial charge on any atom is -0.293 e. The zero-order chi connectivity index (χ0) is 10.0. The van der Waals surface area contributed by atoms with E-state index in [1.54, 1.807) is 0 Å². The standard InChI is InChI=1S/C9H7Br2IO/c1-5-2-6(8(13)4-10)3-7(11)9(5)12/h2-3H,4H2,1H3. The number of aryl methyl sites for hydroxylation is 1. The van der Waals surface area contributed by atoms with Crippen LogP contribution in [0.5, 0.6) is 0 Å². The van der Waals surface area contributed by atoms with E-state index in [0.717, 1.165) is 19.2 Å². The lowest BCUT2D eigenvalue weighted by Gasteiger charge is -2.04. The largest absolute Gasteiger partial charge is 0.293 e. The third kappa shape index (κ3) is 2.76. The minimum atomic E-state index is 0.111. The van der Waals surface area contributed by atoms with E-state index >= 15 is 0 Å². The van der Waals surface area contributed by atoms with Gasteiger partial charge in [0.05, 0.1) is 5.33 Å². The first-order chi connectivity index (χ1) is 6.06. The van der Waals surface area contributed by atoms with E-state index in [0.29, 0.717) is 5.33 Å². The van der Waals surface area contributed by atoms with Gasteiger partial charge in [-0.2, -0.15) is 0 Å². The highest BCUT2D eigenvalue weighted by atomic mass is 127. The van der Waals surface area contributed by atoms with Crippen molar-refractivity contribution in [1.82, 2.24) is 0 Å². The van der Waals surface area contributed by atoms with Crippen molar-refractivity contribution in [3.63, 3.8) is 0 Å². The molecule has 4 heteroatoms. The molecule has 1 nitrogen and oxygen atoms in total. The molecule has 0 atom stereocenters. The number of hydrogen-bond donors (Lipinski definition) is 0. The van der Waals surface area contributed by atoms with Crippen LogP contribution in [0.15, 0.2) is 16.6 Å². The normalized spacial score (nSPS) is 10.2. The van der Waals surface area contributed by atoms with Crippen molar-refractivity contribution in [2.75, 3.05) is 5.33 Å².